The van der Waals surface area contributed by atoms with Crippen LogP contribution in [0.1, 0.15) is 38.1 Å². The maximum Gasteiger partial charge on any atom is 0.252 e. The van der Waals surface area contributed by atoms with E-state index in [1.807, 2.05) is 6.92 Å². The third-order valence-corrected chi connectivity index (χ3v) is 9.43. The van der Waals surface area contributed by atoms with Crippen LogP contribution in [-0.4, -0.2) is 36.8 Å². The molecule has 2 aromatic rings. The number of carbonyl (C=O) groups excluding carboxylic acids is 1. The van der Waals surface area contributed by atoms with Crippen molar-refractivity contribution in [3.63, 3.8) is 0 Å². The van der Waals surface area contributed by atoms with Crippen molar-refractivity contribution in [2.24, 2.45) is 0 Å². The number of rotatable bonds is 6. The lowest BCUT2D eigenvalue weighted by Crippen LogP contribution is -2.45. The summed E-state index contributed by atoms with van der Waals surface area (Å²) in [6, 6.07) is 5.81. The molecule has 1 amide bonds. The van der Waals surface area contributed by atoms with Gasteiger partial charge >= 0.3 is 0 Å². The Hall–Kier alpha value is -2.12. The zero-order valence-electron chi connectivity index (χ0n) is 16.8. The third-order valence-electron chi connectivity index (χ3n) is 4.93. The second-order valence-corrected chi connectivity index (χ2v) is 13.0. The van der Waals surface area contributed by atoms with Crippen molar-refractivity contribution in [1.82, 2.24) is 15.3 Å². The fraction of sp³-hybridized carbons (Fsp3) is 0.450. The molecule has 0 fully saturated rings. The first kappa shape index (κ1) is 21.2. The van der Waals surface area contributed by atoms with Crippen molar-refractivity contribution in [3.05, 3.63) is 48.0 Å². The van der Waals surface area contributed by atoms with Crippen LogP contribution in [0.3, 0.4) is 0 Å². The molecule has 27 heavy (non-hydrogen) atoms. The molecule has 0 radical (unpaired) electrons. The van der Waals surface area contributed by atoms with Gasteiger partial charge < -0.3 is 9.74 Å². The second-order valence-electron chi connectivity index (χ2n) is 8.18. The minimum absolute atomic E-state index is 0.0944. The Morgan fingerprint density at radius 1 is 1.22 bits per heavy atom. The fourth-order valence-corrected chi connectivity index (χ4v) is 3.36. The van der Waals surface area contributed by atoms with Crippen LogP contribution in [0, 0.1) is 5.82 Å². The normalized spacial score (nSPS) is 13.3. The van der Waals surface area contributed by atoms with Crippen molar-refractivity contribution in [3.8, 4) is 11.4 Å². The molecule has 7 heteroatoms. The molecule has 0 saturated heterocycles. The van der Waals surface area contributed by atoms with E-state index in [9.17, 15) is 9.18 Å². The number of halogens is 1. The quantitative estimate of drug-likeness (QED) is 0.743. The molecule has 146 valence electrons. The van der Waals surface area contributed by atoms with E-state index >= 15 is 0 Å². The number of hydrogen-bond donors (Lipinski definition) is 1. The van der Waals surface area contributed by atoms with Crippen LogP contribution in [0.15, 0.2) is 36.7 Å². The molecule has 2 rings (SSSR count). The van der Waals surface area contributed by atoms with E-state index in [4.69, 9.17) is 4.43 Å². The minimum Gasteiger partial charge on any atom is -0.415 e. The Bertz CT molecular complexity index is 792. The van der Waals surface area contributed by atoms with Crippen molar-refractivity contribution < 1.29 is 13.6 Å². The maximum atomic E-state index is 14.4. The van der Waals surface area contributed by atoms with Crippen LogP contribution in [0.4, 0.5) is 4.39 Å². The van der Waals surface area contributed by atoms with Gasteiger partial charge in [0.1, 0.15) is 5.82 Å². The molecular formula is C20H28FN3O2Si. The minimum atomic E-state index is -1.90. The van der Waals surface area contributed by atoms with Gasteiger partial charge in [0, 0.05) is 18.4 Å². The molecule has 0 bridgehead atoms. The van der Waals surface area contributed by atoms with Crippen LogP contribution < -0.4 is 5.32 Å². The molecule has 1 N–H and O–H groups in total. The first-order valence-corrected chi connectivity index (χ1v) is 11.9. The summed E-state index contributed by atoms with van der Waals surface area (Å²) in [4.78, 5) is 20.9. The molecule has 0 unspecified atom stereocenters. The summed E-state index contributed by atoms with van der Waals surface area (Å²) in [5.41, 5.74) is 0.313. The average molecular weight is 390 g/mol. The highest BCUT2D eigenvalue weighted by Gasteiger charge is 2.37. The highest BCUT2D eigenvalue weighted by molar-refractivity contribution is 6.74. The van der Waals surface area contributed by atoms with Gasteiger partial charge in [-0.3, -0.25) is 4.79 Å². The molecule has 0 aliphatic heterocycles. The summed E-state index contributed by atoms with van der Waals surface area (Å²) >= 11 is 0. The van der Waals surface area contributed by atoms with Gasteiger partial charge in [0.2, 0.25) is 0 Å². The Balaban J connectivity index is 2.14. The van der Waals surface area contributed by atoms with Crippen LogP contribution in [0.25, 0.3) is 11.4 Å². The van der Waals surface area contributed by atoms with Gasteiger partial charge in [-0.05, 0) is 43.3 Å². The largest absolute Gasteiger partial charge is 0.415 e. The van der Waals surface area contributed by atoms with Crippen molar-refractivity contribution >= 4 is 14.2 Å². The smallest absolute Gasteiger partial charge is 0.252 e. The van der Waals surface area contributed by atoms with E-state index in [0.29, 0.717) is 6.61 Å². The Labute approximate surface area is 161 Å². The highest BCUT2D eigenvalue weighted by atomic mass is 28.4. The lowest BCUT2D eigenvalue weighted by molar-refractivity contribution is 0.0924. The summed E-state index contributed by atoms with van der Waals surface area (Å²) in [6.45, 7) is 13.1. The van der Waals surface area contributed by atoms with Crippen molar-refractivity contribution in [2.45, 2.75) is 51.9 Å². The fourth-order valence-electron chi connectivity index (χ4n) is 2.26. The topological polar surface area (TPSA) is 64.1 Å². The van der Waals surface area contributed by atoms with Crippen LogP contribution in [-0.2, 0) is 4.43 Å². The van der Waals surface area contributed by atoms with Crippen molar-refractivity contribution in [2.75, 3.05) is 6.61 Å². The zero-order valence-corrected chi connectivity index (χ0v) is 17.8. The Morgan fingerprint density at radius 2 is 1.85 bits per heavy atom. The number of aromatic nitrogens is 2. The summed E-state index contributed by atoms with van der Waals surface area (Å²) in [6.07, 6.45) is 3.04. The highest BCUT2D eigenvalue weighted by Crippen LogP contribution is 2.36. The lowest BCUT2D eigenvalue weighted by Gasteiger charge is -2.37. The lowest BCUT2D eigenvalue weighted by atomic mass is 10.0. The molecule has 5 nitrogen and oxygen atoms in total. The molecule has 0 spiro atoms. The number of nitrogens with zero attached hydrogens (tertiary/aromatic N) is 2. The Morgan fingerprint density at radius 3 is 2.44 bits per heavy atom. The number of hydrogen-bond acceptors (Lipinski definition) is 4. The average Bonchev–Trinajstić information content (AvgIpc) is 2.59. The molecule has 0 saturated carbocycles. The van der Waals surface area contributed by atoms with Crippen LogP contribution >= 0.6 is 0 Å². The van der Waals surface area contributed by atoms with Gasteiger partial charge in [0.05, 0.1) is 17.7 Å². The van der Waals surface area contributed by atoms with Crippen molar-refractivity contribution in [1.29, 1.82) is 0 Å². The number of amides is 1. The summed E-state index contributed by atoms with van der Waals surface area (Å²) < 4.78 is 20.5. The Kier molecular flexibility index (Phi) is 6.49. The van der Waals surface area contributed by atoms with Gasteiger partial charge in [-0.25, -0.2) is 14.4 Å². The summed E-state index contributed by atoms with van der Waals surface area (Å²) in [5.74, 6) is -0.715. The molecule has 0 aliphatic carbocycles. The zero-order chi connectivity index (χ0) is 20.2. The molecule has 1 aromatic heterocycles. The molecule has 1 heterocycles. The van der Waals surface area contributed by atoms with Gasteiger partial charge in [-0.15, -0.1) is 0 Å². The van der Waals surface area contributed by atoms with Gasteiger partial charge in [-0.2, -0.15) is 0 Å². The number of benzene rings is 1. The molecule has 0 aliphatic rings. The summed E-state index contributed by atoms with van der Waals surface area (Å²) in [7, 11) is -1.90. The van der Waals surface area contributed by atoms with E-state index in [1.54, 1.807) is 12.1 Å². The van der Waals surface area contributed by atoms with Gasteiger partial charge in [0.15, 0.2) is 14.1 Å². The van der Waals surface area contributed by atoms with E-state index in [0.717, 1.165) is 0 Å². The predicted molar refractivity (Wildman–Crippen MR) is 108 cm³/mol. The SMILES string of the molecule is C[C@@H](CO[Si](C)(C)C(C)(C)C)NC(=O)c1cccc(F)c1-c1ncccn1. The van der Waals surface area contributed by atoms with E-state index in [1.165, 1.54) is 24.5 Å². The monoisotopic (exact) mass is 389 g/mol. The first-order chi connectivity index (χ1) is 12.5. The van der Waals surface area contributed by atoms with Gasteiger partial charge in [0.25, 0.3) is 5.91 Å². The van der Waals surface area contributed by atoms with Crippen LogP contribution in [0.2, 0.25) is 18.1 Å². The molecule has 1 atom stereocenters. The van der Waals surface area contributed by atoms with E-state index < -0.39 is 14.1 Å². The third kappa shape index (κ3) is 5.20. The van der Waals surface area contributed by atoms with E-state index in [-0.39, 0.29) is 33.9 Å². The predicted octanol–water partition coefficient (Wildman–Crippen LogP) is 4.42. The molecule has 1 aromatic carbocycles. The van der Waals surface area contributed by atoms with Crippen LogP contribution in [0.5, 0.6) is 0 Å². The van der Waals surface area contributed by atoms with E-state index in [2.05, 4.69) is 49.1 Å². The standard InChI is InChI=1S/C20H28FN3O2Si/c1-14(13-26-27(5,6)20(2,3)4)24-19(25)15-9-7-10-16(21)17(15)18-22-11-8-12-23-18/h7-12,14H,13H2,1-6H3,(H,24,25)/t14-/m0/s1. The number of carbonyl (C=O) groups is 1. The van der Waals surface area contributed by atoms with Gasteiger partial charge in [-0.1, -0.05) is 26.8 Å². The second kappa shape index (κ2) is 8.27. The summed E-state index contributed by atoms with van der Waals surface area (Å²) in [5, 5.41) is 2.99. The maximum absolute atomic E-state index is 14.4. The first-order valence-electron chi connectivity index (χ1n) is 9.03. The molecular weight excluding hydrogens is 361 g/mol. The number of nitrogens with one attached hydrogen (secondary N) is 1.